The van der Waals surface area contributed by atoms with Crippen LogP contribution in [0.3, 0.4) is 0 Å². The highest BCUT2D eigenvalue weighted by Gasteiger charge is 2.31. The first-order chi connectivity index (χ1) is 8.16. The van der Waals surface area contributed by atoms with E-state index in [0.29, 0.717) is 19.5 Å². The van der Waals surface area contributed by atoms with Gasteiger partial charge in [0.15, 0.2) is 0 Å². The molecule has 2 fully saturated rings. The quantitative estimate of drug-likeness (QED) is 0.775. The molecule has 5 nitrogen and oxygen atoms in total. The summed E-state index contributed by atoms with van der Waals surface area (Å²) >= 11 is 1.92. The van der Waals surface area contributed by atoms with Crippen molar-refractivity contribution < 1.29 is 14.7 Å². The summed E-state index contributed by atoms with van der Waals surface area (Å²) in [5, 5.41) is 11.9. The Kier molecular flexibility index (Phi) is 4.15. The fraction of sp³-hybridized carbons (Fsp3) is 0.818. The molecule has 0 radical (unpaired) electrons. The molecular formula is C11H18N2O3S. The number of carboxylic acid groups (broad SMARTS) is 1. The maximum absolute atomic E-state index is 11.9. The fourth-order valence-corrected chi connectivity index (χ4v) is 3.36. The van der Waals surface area contributed by atoms with Gasteiger partial charge in [-0.15, -0.1) is 0 Å². The monoisotopic (exact) mass is 258 g/mol. The highest BCUT2D eigenvalue weighted by atomic mass is 32.2. The summed E-state index contributed by atoms with van der Waals surface area (Å²) < 4.78 is 0. The van der Waals surface area contributed by atoms with Crippen LogP contribution in [0.1, 0.15) is 19.3 Å². The van der Waals surface area contributed by atoms with Crippen molar-refractivity contribution in [3.8, 4) is 0 Å². The lowest BCUT2D eigenvalue weighted by molar-refractivity contribution is -0.141. The lowest BCUT2D eigenvalue weighted by Crippen LogP contribution is -2.45. The van der Waals surface area contributed by atoms with Crippen LogP contribution in [0.15, 0.2) is 0 Å². The van der Waals surface area contributed by atoms with Crippen LogP contribution >= 0.6 is 11.8 Å². The van der Waals surface area contributed by atoms with Gasteiger partial charge in [-0.1, -0.05) is 0 Å². The molecule has 2 amide bonds. The van der Waals surface area contributed by atoms with Crippen LogP contribution in [0.4, 0.5) is 4.79 Å². The van der Waals surface area contributed by atoms with E-state index >= 15 is 0 Å². The predicted molar refractivity (Wildman–Crippen MR) is 66.2 cm³/mol. The molecule has 2 rings (SSSR count). The second-order valence-corrected chi connectivity index (χ2v) is 5.83. The number of nitrogens with zero attached hydrogens (tertiary/aromatic N) is 1. The first kappa shape index (κ1) is 12.5. The van der Waals surface area contributed by atoms with E-state index in [0.717, 1.165) is 24.3 Å². The summed E-state index contributed by atoms with van der Waals surface area (Å²) in [5.41, 5.74) is 0. The van der Waals surface area contributed by atoms with Gasteiger partial charge in [-0.05, 0) is 30.8 Å². The average molecular weight is 258 g/mol. The van der Waals surface area contributed by atoms with Crippen LogP contribution < -0.4 is 5.32 Å². The number of thioether (sulfide) groups is 1. The smallest absolute Gasteiger partial charge is 0.317 e. The number of likely N-dealkylation sites (tertiary alicyclic amines) is 1. The van der Waals surface area contributed by atoms with Crippen LogP contribution in [0.5, 0.6) is 0 Å². The van der Waals surface area contributed by atoms with Crippen LogP contribution in [0.2, 0.25) is 0 Å². The molecule has 0 bridgehead atoms. The SMILES string of the molecule is O=C(O)C1CCN(C(=O)NC2CCSCC2)C1. The topological polar surface area (TPSA) is 69.6 Å². The molecule has 0 aromatic heterocycles. The number of amides is 2. The minimum Gasteiger partial charge on any atom is -0.481 e. The van der Waals surface area contributed by atoms with E-state index in [4.69, 9.17) is 5.11 Å². The Hall–Kier alpha value is -0.910. The van der Waals surface area contributed by atoms with Crippen molar-refractivity contribution in [2.45, 2.75) is 25.3 Å². The number of carboxylic acids is 1. The zero-order chi connectivity index (χ0) is 12.3. The molecule has 0 saturated carbocycles. The normalized spacial score (nSPS) is 25.9. The second kappa shape index (κ2) is 5.62. The van der Waals surface area contributed by atoms with Crippen molar-refractivity contribution in [3.63, 3.8) is 0 Å². The molecule has 1 atom stereocenters. The number of carbonyl (C=O) groups excluding carboxylic acids is 1. The first-order valence-electron chi connectivity index (χ1n) is 6.03. The fourth-order valence-electron chi connectivity index (χ4n) is 2.25. The zero-order valence-corrected chi connectivity index (χ0v) is 10.5. The maximum atomic E-state index is 11.9. The summed E-state index contributed by atoms with van der Waals surface area (Å²) in [7, 11) is 0. The summed E-state index contributed by atoms with van der Waals surface area (Å²) in [6.07, 6.45) is 2.61. The molecule has 0 spiro atoms. The van der Waals surface area contributed by atoms with Crippen molar-refractivity contribution in [2.75, 3.05) is 24.6 Å². The number of rotatable bonds is 2. The van der Waals surface area contributed by atoms with E-state index in [1.54, 1.807) is 4.90 Å². The van der Waals surface area contributed by atoms with E-state index in [1.807, 2.05) is 11.8 Å². The van der Waals surface area contributed by atoms with E-state index in [2.05, 4.69) is 5.32 Å². The molecule has 2 saturated heterocycles. The van der Waals surface area contributed by atoms with Gasteiger partial charge in [0.05, 0.1) is 5.92 Å². The van der Waals surface area contributed by atoms with Gasteiger partial charge in [-0.3, -0.25) is 4.79 Å². The van der Waals surface area contributed by atoms with Crippen molar-refractivity contribution >= 4 is 23.8 Å². The van der Waals surface area contributed by atoms with Crippen LogP contribution in [0, 0.1) is 5.92 Å². The molecule has 2 N–H and O–H groups in total. The molecule has 17 heavy (non-hydrogen) atoms. The molecule has 0 aromatic carbocycles. The minimum absolute atomic E-state index is 0.0920. The summed E-state index contributed by atoms with van der Waals surface area (Å²) in [6.45, 7) is 0.910. The van der Waals surface area contributed by atoms with Gasteiger partial charge in [-0.2, -0.15) is 11.8 Å². The predicted octanol–water partition coefficient (Wildman–Crippen LogP) is 0.998. The van der Waals surface area contributed by atoms with Crippen molar-refractivity contribution in [2.24, 2.45) is 5.92 Å². The van der Waals surface area contributed by atoms with Crippen molar-refractivity contribution in [1.29, 1.82) is 0 Å². The molecule has 2 heterocycles. The van der Waals surface area contributed by atoms with Gasteiger partial charge in [0, 0.05) is 19.1 Å². The van der Waals surface area contributed by atoms with E-state index in [-0.39, 0.29) is 18.0 Å². The first-order valence-corrected chi connectivity index (χ1v) is 7.18. The minimum atomic E-state index is -0.797. The standard InChI is InChI=1S/C11H18N2O3S/c14-10(15)8-1-4-13(7-8)11(16)12-9-2-5-17-6-3-9/h8-9H,1-7H2,(H,12,16)(H,14,15). The van der Waals surface area contributed by atoms with Gasteiger partial charge in [-0.25, -0.2) is 4.79 Å². The second-order valence-electron chi connectivity index (χ2n) is 4.61. The Morgan fingerprint density at radius 2 is 1.94 bits per heavy atom. The summed E-state index contributed by atoms with van der Waals surface area (Å²) in [5.74, 6) is 1.02. The van der Waals surface area contributed by atoms with Gasteiger partial charge in [0.2, 0.25) is 0 Å². The van der Waals surface area contributed by atoms with Gasteiger partial charge < -0.3 is 15.3 Å². The van der Waals surface area contributed by atoms with E-state index < -0.39 is 5.97 Å². The van der Waals surface area contributed by atoms with E-state index in [9.17, 15) is 9.59 Å². The lowest BCUT2D eigenvalue weighted by Gasteiger charge is -2.25. The third-order valence-electron chi connectivity index (χ3n) is 3.37. The molecule has 0 aliphatic carbocycles. The Bertz CT molecular complexity index is 305. The third-order valence-corrected chi connectivity index (χ3v) is 4.42. The molecular weight excluding hydrogens is 240 g/mol. The largest absolute Gasteiger partial charge is 0.481 e. The Morgan fingerprint density at radius 3 is 2.53 bits per heavy atom. The average Bonchev–Trinajstić information content (AvgIpc) is 2.79. The summed E-state index contributed by atoms with van der Waals surface area (Å²) in [6, 6.07) is 0.179. The highest BCUT2D eigenvalue weighted by molar-refractivity contribution is 7.99. The van der Waals surface area contributed by atoms with E-state index in [1.165, 1.54) is 0 Å². The lowest BCUT2D eigenvalue weighted by atomic mass is 10.1. The number of hydrogen-bond acceptors (Lipinski definition) is 3. The third kappa shape index (κ3) is 3.28. The Balaban J connectivity index is 1.78. The maximum Gasteiger partial charge on any atom is 0.317 e. The summed E-state index contributed by atoms with van der Waals surface area (Å²) in [4.78, 5) is 24.3. The highest BCUT2D eigenvalue weighted by Crippen LogP contribution is 2.19. The molecule has 96 valence electrons. The van der Waals surface area contributed by atoms with Crippen LogP contribution in [-0.2, 0) is 4.79 Å². The van der Waals surface area contributed by atoms with Crippen LogP contribution in [-0.4, -0.2) is 52.6 Å². The number of carbonyl (C=O) groups is 2. The number of hydrogen-bond donors (Lipinski definition) is 2. The van der Waals surface area contributed by atoms with Gasteiger partial charge >= 0.3 is 12.0 Å². The van der Waals surface area contributed by atoms with Gasteiger partial charge in [0.25, 0.3) is 0 Å². The Labute approximate surface area is 105 Å². The molecule has 1 unspecified atom stereocenters. The molecule has 2 aliphatic rings. The Morgan fingerprint density at radius 1 is 1.24 bits per heavy atom. The number of aliphatic carboxylic acids is 1. The van der Waals surface area contributed by atoms with Gasteiger partial charge in [0.1, 0.15) is 0 Å². The zero-order valence-electron chi connectivity index (χ0n) is 9.72. The van der Waals surface area contributed by atoms with Crippen LogP contribution in [0.25, 0.3) is 0 Å². The number of nitrogens with one attached hydrogen (secondary N) is 1. The molecule has 6 heteroatoms. The van der Waals surface area contributed by atoms with Crippen molar-refractivity contribution in [1.82, 2.24) is 10.2 Å². The number of urea groups is 1. The molecule has 2 aliphatic heterocycles. The van der Waals surface area contributed by atoms with Crippen molar-refractivity contribution in [3.05, 3.63) is 0 Å². The molecule has 0 aromatic rings.